The predicted octanol–water partition coefficient (Wildman–Crippen LogP) is 4.61. The van der Waals surface area contributed by atoms with Gasteiger partial charge < -0.3 is 15.2 Å². The Bertz CT molecular complexity index is 962. The maximum atomic E-state index is 13.5. The van der Waals surface area contributed by atoms with Crippen molar-refractivity contribution in [2.24, 2.45) is 4.99 Å². The summed E-state index contributed by atoms with van der Waals surface area (Å²) in [5.41, 5.74) is 3.38. The van der Waals surface area contributed by atoms with Gasteiger partial charge in [0.25, 0.3) is 0 Å². The molecule has 0 atom stereocenters. The summed E-state index contributed by atoms with van der Waals surface area (Å²) >= 11 is 1.68. The van der Waals surface area contributed by atoms with Crippen LogP contribution in [0.4, 0.5) is 4.39 Å². The molecule has 0 unspecified atom stereocenters. The number of nitrogens with zero attached hydrogens (tertiary/aromatic N) is 3. The topological polar surface area (TPSA) is 54.2 Å². The first-order valence-electron chi connectivity index (χ1n) is 9.94. The minimum absolute atomic E-state index is 0. The van der Waals surface area contributed by atoms with Crippen LogP contribution in [0.25, 0.3) is 0 Å². The summed E-state index contributed by atoms with van der Waals surface area (Å²) in [4.78, 5) is 8.77. The lowest BCUT2D eigenvalue weighted by atomic mass is 10.1. The Kier molecular flexibility index (Phi) is 10.9. The molecule has 1 aromatic heterocycles. The number of nitrogens with one attached hydrogen (secondary N) is 2. The number of guanidine groups is 1. The molecule has 166 valence electrons. The highest BCUT2D eigenvalue weighted by Crippen LogP contribution is 2.16. The highest BCUT2D eigenvalue weighted by atomic mass is 127. The molecule has 0 spiro atoms. The van der Waals surface area contributed by atoms with Gasteiger partial charge in [0.1, 0.15) is 11.6 Å². The second-order valence-electron chi connectivity index (χ2n) is 6.90. The standard InChI is InChI=1S/C23H28FN5S.HI/c1-25-23(27-15-19-8-9-21(24)14-20(19)17-30-2)28-16-22-26-11-13-29(22)12-10-18-6-4-3-5-7-18;/h3-9,11,13-14H,10,12,15-17H2,1-2H3,(H2,25,27,28);1H. The molecule has 5 nitrogen and oxygen atoms in total. The smallest absolute Gasteiger partial charge is 0.191 e. The van der Waals surface area contributed by atoms with E-state index in [-0.39, 0.29) is 29.8 Å². The number of aliphatic imine (C=N–C) groups is 1. The maximum Gasteiger partial charge on any atom is 0.191 e. The van der Waals surface area contributed by atoms with Gasteiger partial charge >= 0.3 is 0 Å². The molecule has 2 N–H and O–H groups in total. The molecule has 0 aliphatic rings. The quantitative estimate of drug-likeness (QED) is 0.231. The van der Waals surface area contributed by atoms with E-state index in [1.165, 1.54) is 11.6 Å². The van der Waals surface area contributed by atoms with Gasteiger partial charge in [0.15, 0.2) is 5.96 Å². The van der Waals surface area contributed by atoms with E-state index >= 15 is 0 Å². The van der Waals surface area contributed by atoms with E-state index in [2.05, 4.69) is 49.4 Å². The fourth-order valence-electron chi connectivity index (χ4n) is 3.22. The van der Waals surface area contributed by atoms with Crippen molar-refractivity contribution in [1.29, 1.82) is 0 Å². The Morgan fingerprint density at radius 3 is 2.61 bits per heavy atom. The second-order valence-corrected chi connectivity index (χ2v) is 7.76. The molecule has 3 rings (SSSR count). The molecule has 8 heteroatoms. The van der Waals surface area contributed by atoms with Crippen LogP contribution < -0.4 is 10.6 Å². The van der Waals surface area contributed by atoms with Crippen LogP contribution in [0, 0.1) is 5.82 Å². The summed E-state index contributed by atoms with van der Waals surface area (Å²) in [6, 6.07) is 15.4. The van der Waals surface area contributed by atoms with Crippen molar-refractivity contribution in [3.8, 4) is 0 Å². The summed E-state index contributed by atoms with van der Waals surface area (Å²) in [6.07, 6.45) is 6.80. The molecule has 0 saturated heterocycles. The number of halogens is 2. The zero-order chi connectivity index (χ0) is 21.2. The van der Waals surface area contributed by atoms with Gasteiger partial charge in [0.2, 0.25) is 0 Å². The molecule has 0 saturated carbocycles. The van der Waals surface area contributed by atoms with E-state index in [1.54, 1.807) is 24.9 Å². The Morgan fingerprint density at radius 2 is 1.87 bits per heavy atom. The highest BCUT2D eigenvalue weighted by molar-refractivity contribution is 14.0. The van der Waals surface area contributed by atoms with E-state index in [4.69, 9.17) is 0 Å². The van der Waals surface area contributed by atoms with Crippen LogP contribution in [0.2, 0.25) is 0 Å². The lowest BCUT2D eigenvalue weighted by Gasteiger charge is -2.15. The zero-order valence-corrected chi connectivity index (χ0v) is 21.0. The van der Waals surface area contributed by atoms with E-state index in [0.717, 1.165) is 35.7 Å². The predicted molar refractivity (Wildman–Crippen MR) is 138 cm³/mol. The van der Waals surface area contributed by atoms with Crippen LogP contribution in [0.1, 0.15) is 22.5 Å². The number of aromatic nitrogens is 2. The van der Waals surface area contributed by atoms with Crippen LogP contribution in [-0.4, -0.2) is 28.8 Å². The van der Waals surface area contributed by atoms with Gasteiger partial charge in [0.05, 0.1) is 6.54 Å². The van der Waals surface area contributed by atoms with Crippen molar-refractivity contribution in [2.75, 3.05) is 13.3 Å². The van der Waals surface area contributed by atoms with Gasteiger partial charge in [-0.3, -0.25) is 4.99 Å². The summed E-state index contributed by atoms with van der Waals surface area (Å²) in [5.74, 6) is 2.22. The Labute approximate surface area is 205 Å². The maximum absolute atomic E-state index is 13.5. The molecule has 0 amide bonds. The number of thioether (sulfide) groups is 1. The Balaban J connectivity index is 0.00000341. The van der Waals surface area contributed by atoms with Gasteiger partial charge in [0, 0.05) is 38.3 Å². The van der Waals surface area contributed by atoms with E-state index < -0.39 is 0 Å². The van der Waals surface area contributed by atoms with Crippen LogP contribution in [0.15, 0.2) is 65.9 Å². The second kappa shape index (κ2) is 13.4. The van der Waals surface area contributed by atoms with Gasteiger partial charge in [-0.2, -0.15) is 11.8 Å². The average Bonchev–Trinajstić information content (AvgIpc) is 3.22. The lowest BCUT2D eigenvalue weighted by molar-refractivity contribution is 0.624. The number of hydrogen-bond donors (Lipinski definition) is 2. The first-order valence-corrected chi connectivity index (χ1v) is 11.3. The van der Waals surface area contributed by atoms with Gasteiger partial charge in [-0.15, -0.1) is 24.0 Å². The van der Waals surface area contributed by atoms with Crippen molar-refractivity contribution >= 4 is 41.7 Å². The number of rotatable bonds is 9. The highest BCUT2D eigenvalue weighted by Gasteiger charge is 2.07. The summed E-state index contributed by atoms with van der Waals surface area (Å²) in [6.45, 7) is 2.03. The summed E-state index contributed by atoms with van der Waals surface area (Å²) < 4.78 is 15.7. The number of benzene rings is 2. The Morgan fingerprint density at radius 1 is 1.10 bits per heavy atom. The minimum atomic E-state index is -0.201. The summed E-state index contributed by atoms with van der Waals surface area (Å²) in [5, 5.41) is 6.63. The number of aryl methyl sites for hydroxylation is 2. The van der Waals surface area contributed by atoms with Gasteiger partial charge in [-0.25, -0.2) is 9.37 Å². The van der Waals surface area contributed by atoms with Crippen molar-refractivity contribution in [3.63, 3.8) is 0 Å². The molecule has 2 aromatic carbocycles. The van der Waals surface area contributed by atoms with Crippen molar-refractivity contribution < 1.29 is 4.39 Å². The lowest BCUT2D eigenvalue weighted by Crippen LogP contribution is -2.37. The SMILES string of the molecule is CN=C(NCc1ccc(F)cc1CSC)NCc1nccn1CCc1ccccc1.I. The summed E-state index contributed by atoms with van der Waals surface area (Å²) in [7, 11) is 1.74. The van der Waals surface area contributed by atoms with E-state index in [9.17, 15) is 4.39 Å². The average molecular weight is 553 g/mol. The molecule has 31 heavy (non-hydrogen) atoms. The van der Waals surface area contributed by atoms with Crippen molar-refractivity contribution in [3.05, 3.63) is 89.3 Å². The number of imidazole rings is 1. The van der Waals surface area contributed by atoms with E-state index in [1.807, 2.05) is 30.8 Å². The molecule has 0 aliphatic carbocycles. The third kappa shape index (κ3) is 7.84. The fraction of sp³-hybridized carbons (Fsp3) is 0.304. The third-order valence-corrected chi connectivity index (χ3v) is 5.44. The van der Waals surface area contributed by atoms with Crippen LogP contribution in [-0.2, 0) is 31.8 Å². The molecule has 3 aromatic rings. The zero-order valence-electron chi connectivity index (χ0n) is 17.8. The molecule has 0 radical (unpaired) electrons. The normalized spacial score (nSPS) is 11.1. The third-order valence-electron chi connectivity index (χ3n) is 4.84. The molecule has 0 aliphatic heterocycles. The van der Waals surface area contributed by atoms with E-state index in [0.29, 0.717) is 19.0 Å². The van der Waals surface area contributed by atoms with Crippen LogP contribution >= 0.6 is 35.7 Å². The number of hydrogen-bond acceptors (Lipinski definition) is 3. The van der Waals surface area contributed by atoms with Gasteiger partial charge in [-0.05, 0) is 41.5 Å². The van der Waals surface area contributed by atoms with Crippen LogP contribution in [0.5, 0.6) is 0 Å². The van der Waals surface area contributed by atoms with Crippen LogP contribution in [0.3, 0.4) is 0 Å². The molecule has 0 fully saturated rings. The van der Waals surface area contributed by atoms with Crippen molar-refractivity contribution in [1.82, 2.24) is 20.2 Å². The van der Waals surface area contributed by atoms with Crippen molar-refractivity contribution in [2.45, 2.75) is 31.8 Å². The Hall–Kier alpha value is -2.07. The van der Waals surface area contributed by atoms with Gasteiger partial charge in [-0.1, -0.05) is 36.4 Å². The fourth-order valence-corrected chi connectivity index (χ4v) is 3.80. The molecular weight excluding hydrogens is 524 g/mol. The monoisotopic (exact) mass is 553 g/mol. The molecule has 0 bridgehead atoms. The molecule has 1 heterocycles. The molecular formula is C23H29FIN5S. The first-order chi connectivity index (χ1) is 14.7. The minimum Gasteiger partial charge on any atom is -0.352 e. The largest absolute Gasteiger partial charge is 0.352 e. The first kappa shape index (κ1) is 25.2.